The second-order valence-electron chi connectivity index (χ2n) is 6.43. The molecule has 146 valence electrons. The lowest BCUT2D eigenvalue weighted by Crippen LogP contribution is -2.29. The van der Waals surface area contributed by atoms with Crippen molar-refractivity contribution in [2.75, 3.05) is 13.1 Å². The van der Waals surface area contributed by atoms with E-state index in [-0.39, 0.29) is 37.5 Å². The Morgan fingerprint density at radius 1 is 0.583 bits per heavy atom. The smallest absolute Gasteiger partial charge is 0.294 e. The maximum absolute atomic E-state index is 12.6. The van der Waals surface area contributed by atoms with Gasteiger partial charge in [-0.2, -0.15) is 0 Å². The van der Waals surface area contributed by atoms with E-state index in [1.165, 1.54) is 0 Å². The summed E-state index contributed by atoms with van der Waals surface area (Å²) in [6, 6.07) is 0. The van der Waals surface area contributed by atoms with Gasteiger partial charge in [0.2, 0.25) is 0 Å². The third-order valence-electron chi connectivity index (χ3n) is 2.13. The molecule has 10 heteroatoms. The molecule has 0 aliphatic carbocycles. The predicted molar refractivity (Wildman–Crippen MR) is 96.1 cm³/mol. The zero-order valence-corrected chi connectivity index (χ0v) is 17.9. The van der Waals surface area contributed by atoms with E-state index in [1.807, 2.05) is 0 Å². The van der Waals surface area contributed by atoms with Crippen molar-refractivity contribution in [3.05, 3.63) is 0 Å². The molecule has 0 heterocycles. The molecule has 0 aromatic heterocycles. The first kappa shape index (κ1) is 24.2. The maximum Gasteiger partial charge on any atom is 0.406 e. The molecule has 0 spiro atoms. The van der Waals surface area contributed by atoms with Gasteiger partial charge in [0, 0.05) is 13.1 Å². The molecule has 0 aromatic carbocycles. The molecule has 0 aliphatic heterocycles. The summed E-state index contributed by atoms with van der Waals surface area (Å²) >= 11 is 0. The second-order valence-corrected chi connectivity index (χ2v) is 9.89. The lowest BCUT2D eigenvalue weighted by Gasteiger charge is -2.25. The van der Waals surface area contributed by atoms with Gasteiger partial charge < -0.3 is 0 Å². The lowest BCUT2D eigenvalue weighted by atomic mass is 10.5. The Labute approximate surface area is 146 Å². The average Bonchev–Trinajstić information content (AvgIpc) is 2.30. The van der Waals surface area contributed by atoms with Crippen molar-refractivity contribution in [2.45, 2.75) is 79.8 Å². The average molecular weight is 388 g/mol. The molecule has 0 bridgehead atoms. The Bertz CT molecular complexity index is 375. The van der Waals surface area contributed by atoms with Crippen molar-refractivity contribution < 1.29 is 27.2 Å². The summed E-state index contributed by atoms with van der Waals surface area (Å²) in [5, 5.41) is 5.51. The molecule has 0 aliphatic rings. The minimum atomic E-state index is -3.43. The summed E-state index contributed by atoms with van der Waals surface area (Å²) in [7, 11) is -6.86. The minimum Gasteiger partial charge on any atom is -0.294 e. The molecule has 24 heavy (non-hydrogen) atoms. The predicted octanol–water partition coefficient (Wildman–Crippen LogP) is 4.08. The molecule has 2 N–H and O–H groups in total. The second kappa shape index (κ2) is 11.0. The number of nitrogens with one attached hydrogen (secondary N) is 2. The minimum absolute atomic E-state index is 0.212. The van der Waals surface area contributed by atoms with Crippen LogP contribution in [0, 0.1) is 0 Å². The van der Waals surface area contributed by atoms with Crippen LogP contribution < -0.4 is 10.2 Å². The van der Waals surface area contributed by atoms with Crippen LogP contribution in [-0.4, -0.2) is 37.5 Å². The van der Waals surface area contributed by atoms with Crippen LogP contribution in [0.5, 0.6) is 0 Å². The van der Waals surface area contributed by atoms with Crippen molar-refractivity contribution in [3.8, 4) is 0 Å². The van der Waals surface area contributed by atoms with Crippen LogP contribution >= 0.6 is 15.5 Å². The van der Waals surface area contributed by atoms with Crippen molar-refractivity contribution in [1.82, 2.24) is 10.2 Å². The quantitative estimate of drug-likeness (QED) is 0.360. The Balaban J connectivity index is 4.62. The van der Waals surface area contributed by atoms with Crippen LogP contribution in [0.25, 0.3) is 0 Å². The fraction of sp³-hybridized carbons (Fsp3) is 1.00. The Hall–Kier alpha value is 0.220. The first-order valence-corrected chi connectivity index (χ1v) is 11.4. The third-order valence-corrected chi connectivity index (χ3v) is 6.15. The van der Waals surface area contributed by atoms with Gasteiger partial charge in [0.25, 0.3) is 0 Å². The topological polar surface area (TPSA) is 95.1 Å². The zero-order chi connectivity index (χ0) is 19.0. The highest BCUT2D eigenvalue weighted by Gasteiger charge is 2.29. The third kappa shape index (κ3) is 11.7. The molecule has 0 saturated heterocycles. The van der Waals surface area contributed by atoms with E-state index in [9.17, 15) is 9.13 Å². The lowest BCUT2D eigenvalue weighted by molar-refractivity contribution is 0.131. The summed E-state index contributed by atoms with van der Waals surface area (Å²) in [4.78, 5) is 0. The standard InChI is InChI=1S/C14H34N2O6P2/c1-11(2)19-23(17,20-12(3)4)15-9-10-16-24(18,21-13(5)6)22-14(7)8/h11-14H,9-10H2,1-8H3,(H,15,17)(H,16,18). The summed E-state index contributed by atoms with van der Waals surface area (Å²) in [6.45, 7) is 14.6. The molecular formula is C14H34N2O6P2. The molecule has 0 unspecified atom stereocenters. The molecule has 0 fully saturated rings. The summed E-state index contributed by atoms with van der Waals surface area (Å²) in [6.07, 6.45) is -1.02. The summed E-state index contributed by atoms with van der Waals surface area (Å²) in [5.74, 6) is 0. The monoisotopic (exact) mass is 388 g/mol. The molecule has 0 atom stereocenters. The van der Waals surface area contributed by atoms with Crippen LogP contribution in [0.1, 0.15) is 55.4 Å². The molecule has 0 amide bonds. The van der Waals surface area contributed by atoms with Crippen LogP contribution in [0.3, 0.4) is 0 Å². The van der Waals surface area contributed by atoms with Crippen LogP contribution in [0.15, 0.2) is 0 Å². The van der Waals surface area contributed by atoms with Crippen molar-refractivity contribution in [1.29, 1.82) is 0 Å². The zero-order valence-electron chi connectivity index (χ0n) is 16.1. The summed E-state index contributed by atoms with van der Waals surface area (Å²) < 4.78 is 46.7. The van der Waals surface area contributed by atoms with Crippen LogP contribution in [0.4, 0.5) is 0 Å². The molecule has 0 rings (SSSR count). The first-order chi connectivity index (χ1) is 10.9. The maximum atomic E-state index is 12.6. The van der Waals surface area contributed by atoms with E-state index in [4.69, 9.17) is 18.1 Å². The van der Waals surface area contributed by atoms with E-state index in [2.05, 4.69) is 10.2 Å². The van der Waals surface area contributed by atoms with Crippen LogP contribution in [0.2, 0.25) is 0 Å². The van der Waals surface area contributed by atoms with Gasteiger partial charge in [-0.3, -0.25) is 18.1 Å². The van der Waals surface area contributed by atoms with E-state index in [1.54, 1.807) is 55.4 Å². The van der Waals surface area contributed by atoms with Gasteiger partial charge >= 0.3 is 15.5 Å². The fourth-order valence-electron chi connectivity index (χ4n) is 1.69. The number of hydrogen-bond donors (Lipinski definition) is 2. The Morgan fingerprint density at radius 3 is 0.958 bits per heavy atom. The first-order valence-electron chi connectivity index (χ1n) is 8.31. The van der Waals surface area contributed by atoms with E-state index in [0.717, 1.165) is 0 Å². The number of rotatable bonds is 13. The molecule has 8 nitrogen and oxygen atoms in total. The van der Waals surface area contributed by atoms with Crippen molar-refractivity contribution in [2.24, 2.45) is 0 Å². The Morgan fingerprint density at radius 2 is 0.792 bits per heavy atom. The van der Waals surface area contributed by atoms with Crippen LogP contribution in [-0.2, 0) is 27.2 Å². The van der Waals surface area contributed by atoms with Crippen molar-refractivity contribution >= 4 is 15.5 Å². The van der Waals surface area contributed by atoms with E-state index >= 15 is 0 Å². The van der Waals surface area contributed by atoms with Gasteiger partial charge in [-0.25, -0.2) is 19.3 Å². The molecular weight excluding hydrogens is 354 g/mol. The van der Waals surface area contributed by atoms with Gasteiger partial charge in [0.15, 0.2) is 0 Å². The summed E-state index contributed by atoms with van der Waals surface area (Å²) in [5.41, 5.74) is 0. The highest BCUT2D eigenvalue weighted by atomic mass is 31.2. The van der Waals surface area contributed by atoms with Gasteiger partial charge in [0.1, 0.15) is 0 Å². The van der Waals surface area contributed by atoms with Gasteiger partial charge in [0.05, 0.1) is 24.4 Å². The number of hydrogen-bond acceptors (Lipinski definition) is 6. The Kier molecular flexibility index (Phi) is 11.1. The molecule has 0 aromatic rings. The van der Waals surface area contributed by atoms with Gasteiger partial charge in [-0.05, 0) is 55.4 Å². The normalized spacial score (nSPS) is 13.7. The fourth-order valence-corrected chi connectivity index (χ4v) is 5.08. The highest BCUT2D eigenvalue weighted by Crippen LogP contribution is 2.47. The molecule has 0 radical (unpaired) electrons. The SMILES string of the molecule is CC(C)OP(=O)(NCCNP(=O)(OC(C)C)OC(C)C)OC(C)C. The van der Waals surface area contributed by atoms with E-state index in [0.29, 0.717) is 0 Å². The molecule has 0 saturated carbocycles. The largest absolute Gasteiger partial charge is 0.406 e. The van der Waals surface area contributed by atoms with Gasteiger partial charge in [-0.1, -0.05) is 0 Å². The van der Waals surface area contributed by atoms with E-state index < -0.39 is 15.5 Å². The van der Waals surface area contributed by atoms with Crippen molar-refractivity contribution in [3.63, 3.8) is 0 Å². The van der Waals surface area contributed by atoms with Gasteiger partial charge in [-0.15, -0.1) is 0 Å². The highest BCUT2D eigenvalue weighted by molar-refractivity contribution is 7.52.